The predicted molar refractivity (Wildman–Crippen MR) is 82.7 cm³/mol. The highest BCUT2D eigenvalue weighted by Gasteiger charge is 2.07. The second-order valence-corrected chi connectivity index (χ2v) is 5.08. The number of unbranched alkanes of at least 4 members (excludes halogenated alkanes) is 1. The molecule has 0 fully saturated rings. The maximum Gasteiger partial charge on any atom is 0.247 e. The normalized spacial score (nSPS) is 10.5. The Balaban J connectivity index is 2.11. The van der Waals surface area contributed by atoms with E-state index in [1.54, 1.807) is 6.07 Å². The van der Waals surface area contributed by atoms with Crippen LogP contribution in [0, 0.1) is 5.82 Å². The summed E-state index contributed by atoms with van der Waals surface area (Å²) in [6.07, 6.45) is 3.67. The molecule has 2 rings (SSSR count). The van der Waals surface area contributed by atoms with Crippen LogP contribution in [0.15, 0.2) is 24.4 Å². The number of anilines is 3. The molecule has 0 atom stereocenters. The molecular weight excluding hydrogens is 293 g/mol. The molecule has 0 spiro atoms. The molecule has 112 valence electrons. The van der Waals surface area contributed by atoms with Crippen LogP contribution in [0.25, 0.3) is 0 Å². The first-order valence-electron chi connectivity index (χ1n) is 6.73. The Morgan fingerprint density at radius 3 is 2.90 bits per heavy atom. The van der Waals surface area contributed by atoms with Crippen LogP contribution in [-0.4, -0.2) is 28.8 Å². The molecule has 2 aromatic rings. The number of halogens is 2. The lowest BCUT2D eigenvalue weighted by molar-refractivity contribution is 0.628. The summed E-state index contributed by atoms with van der Waals surface area (Å²) in [4.78, 5) is 6.32. The molecule has 0 saturated heterocycles. The van der Waals surface area contributed by atoms with Gasteiger partial charge in [0.2, 0.25) is 5.95 Å². The summed E-state index contributed by atoms with van der Waals surface area (Å²) in [7, 11) is 1.92. The lowest BCUT2D eigenvalue weighted by Gasteiger charge is -2.16. The van der Waals surface area contributed by atoms with Crippen LogP contribution in [0.1, 0.15) is 19.8 Å². The third-order valence-electron chi connectivity index (χ3n) is 2.93. The summed E-state index contributed by atoms with van der Waals surface area (Å²) in [5.41, 5.74) is 0.643. The first-order valence-corrected chi connectivity index (χ1v) is 7.11. The first kappa shape index (κ1) is 15.4. The van der Waals surface area contributed by atoms with E-state index in [2.05, 4.69) is 27.4 Å². The molecular formula is C14H17ClFN5. The number of nitrogens with one attached hydrogen (secondary N) is 1. The van der Waals surface area contributed by atoms with Gasteiger partial charge in [-0.25, -0.2) is 4.39 Å². The molecule has 1 aromatic carbocycles. The van der Waals surface area contributed by atoms with E-state index in [-0.39, 0.29) is 5.02 Å². The van der Waals surface area contributed by atoms with Crippen LogP contribution < -0.4 is 10.2 Å². The van der Waals surface area contributed by atoms with E-state index in [0.29, 0.717) is 17.5 Å². The third kappa shape index (κ3) is 4.26. The van der Waals surface area contributed by atoms with Crippen molar-refractivity contribution in [3.8, 4) is 0 Å². The van der Waals surface area contributed by atoms with Crippen molar-refractivity contribution in [2.45, 2.75) is 19.8 Å². The van der Waals surface area contributed by atoms with E-state index in [0.717, 1.165) is 19.4 Å². The zero-order valence-electron chi connectivity index (χ0n) is 12.0. The van der Waals surface area contributed by atoms with E-state index >= 15 is 0 Å². The van der Waals surface area contributed by atoms with Crippen LogP contribution in [0.3, 0.4) is 0 Å². The van der Waals surface area contributed by atoms with Gasteiger partial charge in [0.05, 0.1) is 11.2 Å². The fourth-order valence-corrected chi connectivity index (χ4v) is 1.91. The molecule has 1 aromatic heterocycles. The molecule has 0 unspecified atom stereocenters. The summed E-state index contributed by atoms with van der Waals surface area (Å²) >= 11 is 5.75. The molecule has 0 aliphatic rings. The second kappa shape index (κ2) is 7.17. The fraction of sp³-hybridized carbons (Fsp3) is 0.357. The van der Waals surface area contributed by atoms with Gasteiger partial charge in [0.1, 0.15) is 5.82 Å². The van der Waals surface area contributed by atoms with Crippen molar-refractivity contribution in [2.24, 2.45) is 0 Å². The average Bonchev–Trinajstić information content (AvgIpc) is 2.49. The highest BCUT2D eigenvalue weighted by Crippen LogP contribution is 2.22. The lowest BCUT2D eigenvalue weighted by Crippen LogP contribution is -2.21. The largest absolute Gasteiger partial charge is 0.343 e. The molecule has 21 heavy (non-hydrogen) atoms. The van der Waals surface area contributed by atoms with Crippen molar-refractivity contribution >= 4 is 29.1 Å². The van der Waals surface area contributed by atoms with E-state index in [4.69, 9.17) is 11.6 Å². The Labute approximate surface area is 128 Å². The monoisotopic (exact) mass is 309 g/mol. The van der Waals surface area contributed by atoms with Gasteiger partial charge in [0.15, 0.2) is 5.82 Å². The number of aromatic nitrogens is 3. The van der Waals surface area contributed by atoms with Crippen LogP contribution in [-0.2, 0) is 0 Å². The summed E-state index contributed by atoms with van der Waals surface area (Å²) in [5.74, 6) is 0.621. The number of hydrogen-bond acceptors (Lipinski definition) is 5. The zero-order valence-corrected chi connectivity index (χ0v) is 12.7. The van der Waals surface area contributed by atoms with Gasteiger partial charge in [-0.15, -0.1) is 5.10 Å². The van der Waals surface area contributed by atoms with Crippen molar-refractivity contribution < 1.29 is 4.39 Å². The van der Waals surface area contributed by atoms with Gasteiger partial charge in [-0.2, -0.15) is 10.1 Å². The van der Waals surface area contributed by atoms with Crippen LogP contribution in [0.2, 0.25) is 5.02 Å². The Kier molecular flexibility index (Phi) is 5.27. The molecule has 0 bridgehead atoms. The fourth-order valence-electron chi connectivity index (χ4n) is 1.73. The highest BCUT2D eigenvalue weighted by molar-refractivity contribution is 6.31. The lowest BCUT2D eigenvalue weighted by atomic mass is 10.3. The van der Waals surface area contributed by atoms with Gasteiger partial charge in [-0.3, -0.25) is 0 Å². The molecule has 1 heterocycles. The van der Waals surface area contributed by atoms with Crippen LogP contribution >= 0.6 is 11.6 Å². The molecule has 5 nitrogen and oxygen atoms in total. The maximum atomic E-state index is 13.1. The van der Waals surface area contributed by atoms with Gasteiger partial charge in [-0.1, -0.05) is 24.9 Å². The standard InChI is InChI=1S/C14H17ClFN5/c1-3-4-7-21(2)14-19-13(9-17-20-14)18-10-5-6-12(16)11(15)8-10/h5-6,8-9H,3-4,7H2,1-2H3,(H,18,19,20). The minimum atomic E-state index is -0.456. The molecule has 0 aliphatic carbocycles. The molecule has 0 saturated carbocycles. The Hall–Kier alpha value is -1.95. The van der Waals surface area contributed by atoms with E-state index in [9.17, 15) is 4.39 Å². The Bertz CT molecular complexity index is 608. The summed E-state index contributed by atoms with van der Waals surface area (Å²) in [5, 5.41) is 11.0. The topological polar surface area (TPSA) is 53.9 Å². The molecule has 0 amide bonds. The van der Waals surface area contributed by atoms with Crippen molar-refractivity contribution in [3.63, 3.8) is 0 Å². The molecule has 1 N–H and O–H groups in total. The van der Waals surface area contributed by atoms with Crippen molar-refractivity contribution in [2.75, 3.05) is 23.8 Å². The zero-order chi connectivity index (χ0) is 15.2. The van der Waals surface area contributed by atoms with Crippen LogP contribution in [0.4, 0.5) is 21.8 Å². The third-order valence-corrected chi connectivity index (χ3v) is 3.22. The van der Waals surface area contributed by atoms with Gasteiger partial charge in [0, 0.05) is 19.3 Å². The van der Waals surface area contributed by atoms with E-state index in [1.807, 2.05) is 11.9 Å². The molecule has 0 radical (unpaired) electrons. The molecule has 7 heteroatoms. The highest BCUT2D eigenvalue weighted by atomic mass is 35.5. The van der Waals surface area contributed by atoms with Crippen molar-refractivity contribution in [1.82, 2.24) is 15.2 Å². The number of hydrogen-bond donors (Lipinski definition) is 1. The van der Waals surface area contributed by atoms with Crippen LogP contribution in [0.5, 0.6) is 0 Å². The SMILES string of the molecule is CCCCN(C)c1nncc(Nc2ccc(F)c(Cl)c2)n1. The van der Waals surface area contributed by atoms with E-state index < -0.39 is 5.82 Å². The maximum absolute atomic E-state index is 13.1. The predicted octanol–water partition coefficient (Wildman–Crippen LogP) is 3.64. The van der Waals surface area contributed by atoms with Gasteiger partial charge in [-0.05, 0) is 24.6 Å². The minimum absolute atomic E-state index is 0.0577. The Morgan fingerprint density at radius 2 is 2.19 bits per heavy atom. The smallest absolute Gasteiger partial charge is 0.247 e. The summed E-state index contributed by atoms with van der Waals surface area (Å²) in [6.45, 7) is 2.99. The van der Waals surface area contributed by atoms with Crippen molar-refractivity contribution in [3.05, 3.63) is 35.2 Å². The minimum Gasteiger partial charge on any atom is -0.343 e. The number of nitrogens with zero attached hydrogens (tertiary/aromatic N) is 4. The summed E-state index contributed by atoms with van der Waals surface area (Å²) < 4.78 is 13.1. The summed E-state index contributed by atoms with van der Waals surface area (Å²) in [6, 6.07) is 4.39. The van der Waals surface area contributed by atoms with Gasteiger partial charge < -0.3 is 10.2 Å². The number of benzene rings is 1. The average molecular weight is 310 g/mol. The quantitative estimate of drug-likeness (QED) is 0.883. The van der Waals surface area contributed by atoms with Crippen molar-refractivity contribution in [1.29, 1.82) is 0 Å². The van der Waals surface area contributed by atoms with E-state index in [1.165, 1.54) is 18.3 Å². The molecule has 0 aliphatic heterocycles. The van der Waals surface area contributed by atoms with Gasteiger partial charge in [0.25, 0.3) is 0 Å². The second-order valence-electron chi connectivity index (χ2n) is 4.67. The number of rotatable bonds is 6. The Morgan fingerprint density at radius 1 is 1.38 bits per heavy atom. The van der Waals surface area contributed by atoms with Gasteiger partial charge >= 0.3 is 0 Å². The first-order chi connectivity index (χ1) is 10.1.